The molecule has 4 rings (SSSR count). The highest BCUT2D eigenvalue weighted by molar-refractivity contribution is 7.99. The molecule has 1 saturated heterocycles. The smallest absolute Gasteiger partial charge is 0.232 e. The molecule has 2 amide bonds. The lowest BCUT2D eigenvalue weighted by Gasteiger charge is -2.27. The summed E-state index contributed by atoms with van der Waals surface area (Å²) in [5.41, 5.74) is 4.78. The van der Waals surface area contributed by atoms with Crippen LogP contribution in [0.5, 0.6) is 0 Å². The molecule has 0 aliphatic carbocycles. The molecule has 0 spiro atoms. The van der Waals surface area contributed by atoms with Crippen molar-refractivity contribution >= 4 is 35.0 Å². The van der Waals surface area contributed by atoms with E-state index in [0.29, 0.717) is 0 Å². The number of rotatable bonds is 4. The molecule has 2 aromatic carbocycles. The quantitative estimate of drug-likeness (QED) is 0.830. The van der Waals surface area contributed by atoms with Gasteiger partial charge in [-0.2, -0.15) is 11.8 Å². The van der Waals surface area contributed by atoms with Crippen molar-refractivity contribution in [2.24, 2.45) is 0 Å². The van der Waals surface area contributed by atoms with Gasteiger partial charge in [-0.15, -0.1) is 0 Å². The summed E-state index contributed by atoms with van der Waals surface area (Å²) < 4.78 is 0. The first kappa shape index (κ1) is 19.0. The van der Waals surface area contributed by atoms with Crippen LogP contribution >= 0.6 is 11.8 Å². The molecular formula is C22H25N3O2S. The third-order valence-corrected chi connectivity index (χ3v) is 6.46. The largest absolute Gasteiger partial charge is 0.326 e. The number of amides is 2. The molecule has 1 unspecified atom stereocenters. The Balaban J connectivity index is 1.52. The molecule has 2 N–H and O–H groups in total. The molecule has 146 valence electrons. The standard InChI is InChI=1S/C22H25N3O2S/c1-15-16(14-25-9-11-28-12-10-25)5-4-8-19(15)24-22(27)18-13-21(26)23-20-7-3-2-6-17(18)20/h2-8,18H,9-14H2,1H3,(H,23,26)(H,24,27). The van der Waals surface area contributed by atoms with E-state index in [0.717, 1.165) is 42.1 Å². The first-order valence-corrected chi connectivity index (χ1v) is 10.9. The van der Waals surface area contributed by atoms with Crippen LogP contribution in [0.2, 0.25) is 0 Å². The second-order valence-corrected chi connectivity index (χ2v) is 8.58. The first-order valence-electron chi connectivity index (χ1n) is 9.70. The Hall–Kier alpha value is -2.31. The van der Waals surface area contributed by atoms with Crippen molar-refractivity contribution in [1.82, 2.24) is 4.90 Å². The van der Waals surface area contributed by atoms with Gasteiger partial charge in [0.15, 0.2) is 0 Å². The van der Waals surface area contributed by atoms with Gasteiger partial charge < -0.3 is 10.6 Å². The van der Waals surface area contributed by atoms with E-state index in [1.165, 1.54) is 17.1 Å². The summed E-state index contributed by atoms with van der Waals surface area (Å²) in [7, 11) is 0. The molecular weight excluding hydrogens is 370 g/mol. The van der Waals surface area contributed by atoms with E-state index >= 15 is 0 Å². The van der Waals surface area contributed by atoms with Crippen LogP contribution in [0.3, 0.4) is 0 Å². The molecule has 1 atom stereocenters. The molecule has 5 nitrogen and oxygen atoms in total. The predicted octanol–water partition coefficient (Wildman–Crippen LogP) is 3.61. The number of carbonyl (C=O) groups is 2. The third-order valence-electron chi connectivity index (χ3n) is 5.52. The Morgan fingerprint density at radius 1 is 1.18 bits per heavy atom. The zero-order valence-corrected chi connectivity index (χ0v) is 16.8. The summed E-state index contributed by atoms with van der Waals surface area (Å²) >= 11 is 2.00. The van der Waals surface area contributed by atoms with Crippen LogP contribution in [0, 0.1) is 6.92 Å². The Morgan fingerprint density at radius 2 is 1.96 bits per heavy atom. The van der Waals surface area contributed by atoms with E-state index in [9.17, 15) is 9.59 Å². The average molecular weight is 396 g/mol. The molecule has 0 bridgehead atoms. The molecule has 2 aliphatic heterocycles. The number of thioether (sulfide) groups is 1. The van der Waals surface area contributed by atoms with Gasteiger partial charge in [-0.1, -0.05) is 30.3 Å². The number of nitrogens with one attached hydrogen (secondary N) is 2. The molecule has 0 saturated carbocycles. The number of fused-ring (bicyclic) bond motifs is 1. The van der Waals surface area contributed by atoms with E-state index in [4.69, 9.17) is 0 Å². The maximum Gasteiger partial charge on any atom is 0.232 e. The lowest BCUT2D eigenvalue weighted by atomic mass is 9.89. The van der Waals surface area contributed by atoms with Crippen LogP contribution in [0.15, 0.2) is 42.5 Å². The first-order chi connectivity index (χ1) is 13.6. The SMILES string of the molecule is Cc1c(CN2CCSCC2)cccc1NC(=O)C1CC(=O)Nc2ccccc21. The molecule has 0 aromatic heterocycles. The fourth-order valence-electron chi connectivity index (χ4n) is 3.86. The minimum absolute atomic E-state index is 0.118. The second kappa shape index (κ2) is 8.37. The summed E-state index contributed by atoms with van der Waals surface area (Å²) in [6.07, 6.45) is 0.174. The van der Waals surface area contributed by atoms with Gasteiger partial charge in [0.1, 0.15) is 0 Å². The zero-order chi connectivity index (χ0) is 19.5. The van der Waals surface area contributed by atoms with Crippen LogP contribution in [0.4, 0.5) is 11.4 Å². The lowest BCUT2D eigenvalue weighted by Crippen LogP contribution is -2.32. The molecule has 1 fully saturated rings. The van der Waals surface area contributed by atoms with Crippen molar-refractivity contribution in [2.45, 2.75) is 25.8 Å². The highest BCUT2D eigenvalue weighted by Crippen LogP contribution is 2.33. The van der Waals surface area contributed by atoms with E-state index in [2.05, 4.69) is 28.5 Å². The molecule has 2 aliphatic rings. The number of carbonyl (C=O) groups excluding carboxylic acids is 2. The summed E-state index contributed by atoms with van der Waals surface area (Å²) in [4.78, 5) is 27.5. The van der Waals surface area contributed by atoms with Crippen molar-refractivity contribution in [3.63, 3.8) is 0 Å². The number of hydrogen-bond donors (Lipinski definition) is 2. The summed E-state index contributed by atoms with van der Waals surface area (Å²) in [6, 6.07) is 13.6. The lowest BCUT2D eigenvalue weighted by molar-refractivity contribution is -0.123. The van der Waals surface area contributed by atoms with Gasteiger partial charge in [0.2, 0.25) is 11.8 Å². The second-order valence-electron chi connectivity index (χ2n) is 7.36. The molecule has 6 heteroatoms. The third kappa shape index (κ3) is 4.08. The van der Waals surface area contributed by atoms with E-state index < -0.39 is 5.92 Å². The fraction of sp³-hybridized carbons (Fsp3) is 0.364. The Labute approximate surface area is 169 Å². The van der Waals surface area contributed by atoms with Crippen LogP contribution in [0.25, 0.3) is 0 Å². The van der Waals surface area contributed by atoms with Crippen LogP contribution in [0.1, 0.15) is 29.0 Å². The maximum absolute atomic E-state index is 13.0. The summed E-state index contributed by atoms with van der Waals surface area (Å²) in [6.45, 7) is 5.18. The Morgan fingerprint density at radius 3 is 2.79 bits per heavy atom. The molecule has 0 radical (unpaired) electrons. The highest BCUT2D eigenvalue weighted by Gasteiger charge is 2.30. The topological polar surface area (TPSA) is 61.4 Å². The normalized spacial score (nSPS) is 19.6. The monoisotopic (exact) mass is 395 g/mol. The van der Waals surface area contributed by atoms with Crippen LogP contribution in [-0.2, 0) is 16.1 Å². The fourth-order valence-corrected chi connectivity index (χ4v) is 4.83. The van der Waals surface area contributed by atoms with Gasteiger partial charge in [0.05, 0.1) is 5.92 Å². The maximum atomic E-state index is 13.0. The summed E-state index contributed by atoms with van der Waals surface area (Å²) in [5, 5.41) is 5.93. The Kier molecular flexibility index (Phi) is 5.69. The molecule has 28 heavy (non-hydrogen) atoms. The number of para-hydroxylation sites is 1. The predicted molar refractivity (Wildman–Crippen MR) is 115 cm³/mol. The molecule has 2 aromatic rings. The van der Waals surface area contributed by atoms with Crippen molar-refractivity contribution < 1.29 is 9.59 Å². The number of benzene rings is 2. The number of anilines is 2. The van der Waals surface area contributed by atoms with Crippen molar-refractivity contribution in [1.29, 1.82) is 0 Å². The van der Waals surface area contributed by atoms with Gasteiger partial charge >= 0.3 is 0 Å². The van der Waals surface area contributed by atoms with Crippen LogP contribution < -0.4 is 10.6 Å². The van der Waals surface area contributed by atoms with Gasteiger partial charge in [-0.3, -0.25) is 14.5 Å². The van der Waals surface area contributed by atoms with Crippen molar-refractivity contribution in [3.05, 3.63) is 59.2 Å². The highest BCUT2D eigenvalue weighted by atomic mass is 32.2. The van der Waals surface area contributed by atoms with Crippen molar-refractivity contribution in [2.75, 3.05) is 35.2 Å². The van der Waals surface area contributed by atoms with Crippen molar-refractivity contribution in [3.8, 4) is 0 Å². The average Bonchev–Trinajstić information content (AvgIpc) is 2.71. The van der Waals surface area contributed by atoms with Gasteiger partial charge in [-0.25, -0.2) is 0 Å². The van der Waals surface area contributed by atoms with Gasteiger partial charge in [-0.05, 0) is 35.7 Å². The number of nitrogens with zero attached hydrogens (tertiary/aromatic N) is 1. The summed E-state index contributed by atoms with van der Waals surface area (Å²) in [5.74, 6) is 1.65. The number of hydrogen-bond acceptors (Lipinski definition) is 4. The molecule has 2 heterocycles. The Bertz CT molecular complexity index is 893. The van der Waals surface area contributed by atoms with E-state index in [1.807, 2.05) is 48.2 Å². The minimum atomic E-state index is -0.466. The van der Waals surface area contributed by atoms with E-state index in [-0.39, 0.29) is 18.2 Å². The zero-order valence-electron chi connectivity index (χ0n) is 16.0. The minimum Gasteiger partial charge on any atom is -0.326 e. The van der Waals surface area contributed by atoms with Crippen LogP contribution in [-0.4, -0.2) is 41.3 Å². The van der Waals surface area contributed by atoms with E-state index in [1.54, 1.807) is 0 Å². The van der Waals surface area contributed by atoms with Gasteiger partial charge in [0.25, 0.3) is 0 Å². The van der Waals surface area contributed by atoms with Gasteiger partial charge in [0, 0.05) is 48.9 Å².